The molecule has 122 valence electrons. The molecule has 2 rings (SSSR count). The second-order valence-electron chi connectivity index (χ2n) is 5.11. The van der Waals surface area contributed by atoms with Gasteiger partial charge in [-0.3, -0.25) is 10.1 Å². The highest BCUT2D eigenvalue weighted by molar-refractivity contribution is 5.83. The fourth-order valence-electron chi connectivity index (χ4n) is 2.29. The van der Waals surface area contributed by atoms with Crippen molar-refractivity contribution in [2.45, 2.75) is 26.3 Å². The Labute approximate surface area is 128 Å². The number of nitrogens with one attached hydrogen (secondary N) is 1. The van der Waals surface area contributed by atoms with Crippen molar-refractivity contribution in [3.63, 3.8) is 0 Å². The number of anilines is 1. The predicted octanol–water partition coefficient (Wildman–Crippen LogP) is 0.0774. The molecule has 2 heterocycles. The van der Waals surface area contributed by atoms with Gasteiger partial charge in [-0.1, -0.05) is 0 Å². The molecular formula is C13H21N5O4. The number of carbonyl (C=O) groups is 2. The summed E-state index contributed by atoms with van der Waals surface area (Å²) in [6, 6.07) is 0. The summed E-state index contributed by atoms with van der Waals surface area (Å²) in [6.07, 6.45) is 2.38. The summed E-state index contributed by atoms with van der Waals surface area (Å²) in [7, 11) is 0. The third-order valence-electron chi connectivity index (χ3n) is 3.54. The van der Waals surface area contributed by atoms with E-state index in [9.17, 15) is 9.59 Å². The number of hydrogen-bond acceptors (Lipinski definition) is 6. The van der Waals surface area contributed by atoms with Gasteiger partial charge in [0.25, 0.3) is 0 Å². The van der Waals surface area contributed by atoms with Gasteiger partial charge >= 0.3 is 6.09 Å². The molecular weight excluding hydrogens is 290 g/mol. The quantitative estimate of drug-likeness (QED) is 0.797. The maximum atomic E-state index is 12.1. The lowest BCUT2D eigenvalue weighted by Gasteiger charge is -2.30. The predicted molar refractivity (Wildman–Crippen MR) is 77.1 cm³/mol. The van der Waals surface area contributed by atoms with Crippen LogP contribution in [0, 0.1) is 5.92 Å². The largest absolute Gasteiger partial charge is 0.450 e. The summed E-state index contributed by atoms with van der Waals surface area (Å²) in [5, 5.41) is 19.5. The van der Waals surface area contributed by atoms with Gasteiger partial charge in [-0.25, -0.2) is 4.79 Å². The Morgan fingerprint density at radius 1 is 1.45 bits per heavy atom. The number of rotatable bonds is 5. The standard InChI is InChI=1S/C13H21N5O4/c1-2-22-13(21)15-11-7-14-18(16-11)8-12(20)17-5-3-10(9-19)4-6-17/h7,10,19H,2-6,8-9H2,1H3,(H,15,16,21). The van der Waals surface area contributed by atoms with E-state index in [-0.39, 0.29) is 37.4 Å². The number of aliphatic hydroxyl groups excluding tert-OH is 1. The molecule has 0 aliphatic carbocycles. The van der Waals surface area contributed by atoms with Gasteiger partial charge in [-0.15, -0.1) is 5.10 Å². The molecule has 9 nitrogen and oxygen atoms in total. The molecule has 1 fully saturated rings. The van der Waals surface area contributed by atoms with Gasteiger partial charge in [0.2, 0.25) is 5.91 Å². The molecule has 0 bridgehead atoms. The first-order valence-electron chi connectivity index (χ1n) is 7.35. The minimum Gasteiger partial charge on any atom is -0.450 e. The van der Waals surface area contributed by atoms with Crippen molar-refractivity contribution in [2.24, 2.45) is 5.92 Å². The molecule has 0 aromatic carbocycles. The van der Waals surface area contributed by atoms with Crippen molar-refractivity contribution < 1.29 is 19.4 Å². The highest BCUT2D eigenvalue weighted by Crippen LogP contribution is 2.16. The van der Waals surface area contributed by atoms with E-state index in [1.165, 1.54) is 11.0 Å². The SMILES string of the molecule is CCOC(=O)Nc1cnn(CC(=O)N2CCC(CO)CC2)n1. The number of carbonyl (C=O) groups excluding carboxylic acids is 2. The van der Waals surface area contributed by atoms with Crippen molar-refractivity contribution in [1.29, 1.82) is 0 Å². The Morgan fingerprint density at radius 2 is 2.18 bits per heavy atom. The highest BCUT2D eigenvalue weighted by atomic mass is 16.5. The van der Waals surface area contributed by atoms with Gasteiger partial charge in [0.1, 0.15) is 6.54 Å². The number of likely N-dealkylation sites (tertiary alicyclic amines) is 1. The maximum Gasteiger partial charge on any atom is 0.412 e. The van der Waals surface area contributed by atoms with E-state index in [0.717, 1.165) is 12.8 Å². The van der Waals surface area contributed by atoms with E-state index in [0.29, 0.717) is 13.1 Å². The first kappa shape index (κ1) is 16.2. The number of ether oxygens (including phenoxy) is 1. The number of piperidine rings is 1. The summed E-state index contributed by atoms with van der Waals surface area (Å²) < 4.78 is 4.73. The monoisotopic (exact) mass is 311 g/mol. The Bertz CT molecular complexity index is 510. The van der Waals surface area contributed by atoms with Crippen molar-refractivity contribution in [3.8, 4) is 0 Å². The fourth-order valence-corrected chi connectivity index (χ4v) is 2.29. The molecule has 22 heavy (non-hydrogen) atoms. The van der Waals surface area contributed by atoms with E-state index < -0.39 is 6.09 Å². The zero-order chi connectivity index (χ0) is 15.9. The molecule has 1 aliphatic rings. The van der Waals surface area contributed by atoms with E-state index in [1.54, 1.807) is 11.8 Å². The Kier molecular flexibility index (Phi) is 5.70. The molecule has 0 atom stereocenters. The number of amides is 2. The Hall–Kier alpha value is -2.16. The van der Waals surface area contributed by atoms with Crippen molar-refractivity contribution in [3.05, 3.63) is 6.20 Å². The molecule has 1 saturated heterocycles. The zero-order valence-corrected chi connectivity index (χ0v) is 12.6. The molecule has 0 radical (unpaired) electrons. The first-order valence-corrected chi connectivity index (χ1v) is 7.35. The molecule has 2 amide bonds. The molecule has 1 aromatic heterocycles. The average molecular weight is 311 g/mol. The third kappa shape index (κ3) is 4.42. The highest BCUT2D eigenvalue weighted by Gasteiger charge is 2.22. The normalized spacial score (nSPS) is 15.6. The minimum atomic E-state index is -0.605. The summed E-state index contributed by atoms with van der Waals surface area (Å²) in [5.41, 5.74) is 0. The van der Waals surface area contributed by atoms with Crippen LogP contribution in [-0.4, -0.2) is 63.3 Å². The van der Waals surface area contributed by atoms with E-state index in [1.807, 2.05) is 0 Å². The topological polar surface area (TPSA) is 110 Å². The van der Waals surface area contributed by atoms with Crippen molar-refractivity contribution in [2.75, 3.05) is 31.6 Å². The number of aromatic nitrogens is 3. The summed E-state index contributed by atoms with van der Waals surface area (Å²) in [6.45, 7) is 3.44. The zero-order valence-electron chi connectivity index (χ0n) is 12.6. The van der Waals surface area contributed by atoms with E-state index in [4.69, 9.17) is 9.84 Å². The van der Waals surface area contributed by atoms with Gasteiger partial charge in [0, 0.05) is 19.7 Å². The molecule has 9 heteroatoms. The van der Waals surface area contributed by atoms with Crippen LogP contribution in [0.1, 0.15) is 19.8 Å². The Balaban J connectivity index is 1.82. The second kappa shape index (κ2) is 7.74. The molecule has 1 aromatic rings. The molecule has 1 aliphatic heterocycles. The van der Waals surface area contributed by atoms with Gasteiger partial charge in [-0.05, 0) is 25.7 Å². The Morgan fingerprint density at radius 3 is 2.82 bits per heavy atom. The van der Waals surface area contributed by atoms with Gasteiger partial charge in [0.15, 0.2) is 5.82 Å². The number of aliphatic hydroxyl groups is 1. The van der Waals surface area contributed by atoms with Crippen LogP contribution in [0.5, 0.6) is 0 Å². The van der Waals surface area contributed by atoms with Gasteiger partial charge in [0.05, 0.1) is 12.8 Å². The second-order valence-corrected chi connectivity index (χ2v) is 5.11. The van der Waals surface area contributed by atoms with Crippen LogP contribution in [-0.2, 0) is 16.1 Å². The van der Waals surface area contributed by atoms with Crippen LogP contribution >= 0.6 is 0 Å². The molecule has 0 saturated carbocycles. The molecule has 0 spiro atoms. The van der Waals surface area contributed by atoms with Crippen molar-refractivity contribution in [1.82, 2.24) is 19.9 Å². The van der Waals surface area contributed by atoms with Crippen molar-refractivity contribution >= 4 is 17.8 Å². The fraction of sp³-hybridized carbons (Fsp3) is 0.692. The lowest BCUT2D eigenvalue weighted by Crippen LogP contribution is -2.41. The van der Waals surface area contributed by atoms with Crippen LogP contribution in [0.3, 0.4) is 0 Å². The summed E-state index contributed by atoms with van der Waals surface area (Å²) >= 11 is 0. The first-order chi connectivity index (χ1) is 10.6. The van der Waals surface area contributed by atoms with Gasteiger partial charge in [-0.2, -0.15) is 9.90 Å². The number of hydrogen-bond donors (Lipinski definition) is 2. The van der Waals surface area contributed by atoms with Crippen LogP contribution in [0.15, 0.2) is 6.20 Å². The van der Waals surface area contributed by atoms with Gasteiger partial charge < -0.3 is 14.7 Å². The third-order valence-corrected chi connectivity index (χ3v) is 3.54. The number of nitrogens with zero attached hydrogens (tertiary/aromatic N) is 4. The van der Waals surface area contributed by atoms with Crippen LogP contribution in [0.25, 0.3) is 0 Å². The maximum absolute atomic E-state index is 12.1. The minimum absolute atomic E-state index is 0.0221. The van der Waals surface area contributed by atoms with Crippen LogP contribution < -0.4 is 5.32 Å². The van der Waals surface area contributed by atoms with E-state index >= 15 is 0 Å². The summed E-state index contributed by atoms with van der Waals surface area (Å²) in [5.74, 6) is 0.451. The van der Waals surface area contributed by atoms with E-state index in [2.05, 4.69) is 15.5 Å². The average Bonchev–Trinajstić information content (AvgIpc) is 2.94. The smallest absolute Gasteiger partial charge is 0.412 e. The summed E-state index contributed by atoms with van der Waals surface area (Å²) in [4.78, 5) is 26.4. The van der Waals surface area contributed by atoms with Crippen LogP contribution in [0.2, 0.25) is 0 Å². The lowest BCUT2D eigenvalue weighted by molar-refractivity contribution is -0.133. The lowest BCUT2D eigenvalue weighted by atomic mass is 9.98. The molecule has 0 unspecified atom stereocenters. The molecule has 2 N–H and O–H groups in total. The van der Waals surface area contributed by atoms with Crippen LogP contribution in [0.4, 0.5) is 10.6 Å².